The van der Waals surface area contributed by atoms with Crippen LogP contribution < -0.4 is 4.74 Å². The van der Waals surface area contributed by atoms with E-state index in [0.29, 0.717) is 32.3 Å². The van der Waals surface area contributed by atoms with Gasteiger partial charge in [-0.3, -0.25) is 0 Å². The third-order valence-electron chi connectivity index (χ3n) is 3.03. The van der Waals surface area contributed by atoms with Crippen molar-refractivity contribution in [1.29, 1.82) is 0 Å². The first-order chi connectivity index (χ1) is 8.36. The average molecular weight is 236 g/mol. The Morgan fingerprint density at radius 1 is 1.12 bits per heavy atom. The Hall–Kier alpha value is -1.10. The zero-order chi connectivity index (χ0) is 11.6. The molecule has 1 aromatic rings. The molecule has 4 heteroatoms. The van der Waals surface area contributed by atoms with Gasteiger partial charge in [-0.15, -0.1) is 0 Å². The molecule has 4 nitrogen and oxygen atoms in total. The molecule has 92 valence electrons. The van der Waals surface area contributed by atoms with Gasteiger partial charge in [-0.05, 0) is 12.1 Å². The van der Waals surface area contributed by atoms with E-state index in [1.165, 1.54) is 0 Å². The van der Waals surface area contributed by atoms with Crippen molar-refractivity contribution in [2.75, 3.05) is 26.4 Å². The van der Waals surface area contributed by atoms with Crippen LogP contribution in [0, 0.1) is 5.92 Å². The van der Waals surface area contributed by atoms with E-state index in [0.717, 1.165) is 12.2 Å². The van der Waals surface area contributed by atoms with E-state index < -0.39 is 5.97 Å². The average Bonchev–Trinajstić information content (AvgIpc) is 2.99. The van der Waals surface area contributed by atoms with E-state index in [1.54, 1.807) is 0 Å². The first-order valence-corrected chi connectivity index (χ1v) is 5.96. The predicted molar refractivity (Wildman–Crippen MR) is 60.6 cm³/mol. The summed E-state index contributed by atoms with van der Waals surface area (Å²) in [6.45, 7) is 2.50. The molecular formula is C13H16O4. The van der Waals surface area contributed by atoms with Crippen molar-refractivity contribution in [2.45, 2.75) is 12.4 Å². The lowest BCUT2D eigenvalue weighted by molar-refractivity contribution is -0.307. The van der Waals surface area contributed by atoms with Gasteiger partial charge in [0.05, 0.1) is 26.4 Å². The largest absolute Gasteiger partial charge is 0.493 e. The van der Waals surface area contributed by atoms with Crippen LogP contribution in [0.3, 0.4) is 0 Å². The number of benzene rings is 1. The molecule has 1 aromatic carbocycles. The van der Waals surface area contributed by atoms with Crippen molar-refractivity contribution >= 4 is 0 Å². The first kappa shape index (κ1) is 11.0. The molecule has 2 heterocycles. The molecule has 3 rings (SSSR count). The molecule has 0 amide bonds. The molecule has 2 aliphatic rings. The number of ether oxygens (including phenoxy) is 4. The topological polar surface area (TPSA) is 36.9 Å². The van der Waals surface area contributed by atoms with Crippen LogP contribution in [0.25, 0.3) is 0 Å². The van der Waals surface area contributed by atoms with Gasteiger partial charge in [0.15, 0.2) is 0 Å². The Morgan fingerprint density at radius 3 is 2.65 bits per heavy atom. The minimum atomic E-state index is -0.773. The van der Waals surface area contributed by atoms with Gasteiger partial charge in [0.25, 0.3) is 5.97 Å². The van der Waals surface area contributed by atoms with Crippen LogP contribution >= 0.6 is 0 Å². The van der Waals surface area contributed by atoms with Crippen LogP contribution in [-0.2, 0) is 14.2 Å². The molecule has 2 aliphatic heterocycles. The summed E-state index contributed by atoms with van der Waals surface area (Å²) >= 11 is 0. The van der Waals surface area contributed by atoms with Gasteiger partial charge in [0.1, 0.15) is 5.75 Å². The Balaban J connectivity index is 1.51. The van der Waals surface area contributed by atoms with Crippen LogP contribution in [0.5, 0.6) is 5.75 Å². The van der Waals surface area contributed by atoms with Crippen LogP contribution in [0.2, 0.25) is 0 Å². The van der Waals surface area contributed by atoms with Crippen molar-refractivity contribution in [1.82, 2.24) is 0 Å². The van der Waals surface area contributed by atoms with E-state index in [4.69, 9.17) is 18.9 Å². The van der Waals surface area contributed by atoms with Gasteiger partial charge in [0.2, 0.25) is 0 Å². The van der Waals surface area contributed by atoms with E-state index in [9.17, 15) is 0 Å². The monoisotopic (exact) mass is 236 g/mol. The van der Waals surface area contributed by atoms with Gasteiger partial charge in [-0.2, -0.15) is 0 Å². The van der Waals surface area contributed by atoms with Gasteiger partial charge < -0.3 is 18.9 Å². The number of para-hydroxylation sites is 1. The smallest absolute Gasteiger partial charge is 0.283 e. The minimum Gasteiger partial charge on any atom is -0.493 e. The highest BCUT2D eigenvalue weighted by Crippen LogP contribution is 2.35. The quantitative estimate of drug-likeness (QED) is 0.802. The third-order valence-corrected chi connectivity index (χ3v) is 3.03. The summed E-state index contributed by atoms with van der Waals surface area (Å²) in [5.41, 5.74) is 0. The lowest BCUT2D eigenvalue weighted by Gasteiger charge is -2.19. The van der Waals surface area contributed by atoms with Crippen molar-refractivity contribution in [2.24, 2.45) is 5.92 Å². The summed E-state index contributed by atoms with van der Waals surface area (Å²) in [6.07, 6.45) is 0.750. The highest BCUT2D eigenvalue weighted by atomic mass is 16.9. The Labute approximate surface area is 100 Å². The molecule has 0 bridgehead atoms. The van der Waals surface area contributed by atoms with Gasteiger partial charge >= 0.3 is 0 Å². The molecule has 0 N–H and O–H groups in total. The van der Waals surface area contributed by atoms with E-state index >= 15 is 0 Å². The molecule has 0 aliphatic carbocycles. The number of hydrogen-bond donors (Lipinski definition) is 0. The van der Waals surface area contributed by atoms with Crippen molar-refractivity contribution in [3.63, 3.8) is 0 Å². The zero-order valence-electron chi connectivity index (χ0n) is 9.63. The molecular weight excluding hydrogens is 220 g/mol. The maximum absolute atomic E-state index is 5.70. The predicted octanol–water partition coefficient (Wildman–Crippen LogP) is 1.80. The maximum atomic E-state index is 5.70. The summed E-state index contributed by atoms with van der Waals surface area (Å²) < 4.78 is 22.2. The molecule has 1 atom stereocenters. The molecule has 2 fully saturated rings. The Bertz CT molecular complexity index is 359. The summed E-state index contributed by atoms with van der Waals surface area (Å²) in [5, 5.41) is 0. The zero-order valence-corrected chi connectivity index (χ0v) is 9.63. The molecule has 1 spiro atoms. The van der Waals surface area contributed by atoms with E-state index in [2.05, 4.69) is 0 Å². The third kappa shape index (κ3) is 2.44. The van der Waals surface area contributed by atoms with Crippen LogP contribution in [0.1, 0.15) is 6.42 Å². The second-order valence-corrected chi connectivity index (χ2v) is 4.39. The summed E-state index contributed by atoms with van der Waals surface area (Å²) in [5.74, 6) is 0.445. The fourth-order valence-electron chi connectivity index (χ4n) is 2.19. The second-order valence-electron chi connectivity index (χ2n) is 4.39. The fraction of sp³-hybridized carbons (Fsp3) is 0.538. The van der Waals surface area contributed by atoms with Crippen LogP contribution in [0.15, 0.2) is 30.3 Å². The number of rotatable bonds is 3. The van der Waals surface area contributed by atoms with Crippen molar-refractivity contribution < 1.29 is 18.9 Å². The Kier molecular flexibility index (Phi) is 3.01. The molecule has 0 saturated carbocycles. The first-order valence-electron chi connectivity index (χ1n) is 5.96. The van der Waals surface area contributed by atoms with Crippen LogP contribution in [0.4, 0.5) is 0 Å². The lowest BCUT2D eigenvalue weighted by Crippen LogP contribution is -2.28. The van der Waals surface area contributed by atoms with E-state index in [1.807, 2.05) is 30.3 Å². The number of hydrogen-bond acceptors (Lipinski definition) is 4. The van der Waals surface area contributed by atoms with Crippen LogP contribution in [-0.4, -0.2) is 32.4 Å². The maximum Gasteiger partial charge on any atom is 0.283 e. The molecule has 0 aromatic heterocycles. The highest BCUT2D eigenvalue weighted by Gasteiger charge is 2.46. The standard InChI is InChI=1S/C13H16O4/c1-2-4-12(5-3-1)14-9-11-8-13(17-10-11)15-6-7-16-13/h1-5,11H,6-10H2. The SMILES string of the molecule is c1ccc(OCC2COC3(C2)OCCO3)cc1. The molecule has 0 radical (unpaired) electrons. The van der Waals surface area contributed by atoms with Gasteiger partial charge in [0, 0.05) is 12.3 Å². The molecule has 17 heavy (non-hydrogen) atoms. The highest BCUT2D eigenvalue weighted by molar-refractivity contribution is 5.20. The van der Waals surface area contributed by atoms with E-state index in [-0.39, 0.29) is 0 Å². The normalized spacial score (nSPS) is 26.5. The van der Waals surface area contributed by atoms with Gasteiger partial charge in [-0.1, -0.05) is 18.2 Å². The summed E-state index contributed by atoms with van der Waals surface area (Å²) in [7, 11) is 0. The van der Waals surface area contributed by atoms with Gasteiger partial charge in [-0.25, -0.2) is 0 Å². The van der Waals surface area contributed by atoms with Crippen molar-refractivity contribution in [3.05, 3.63) is 30.3 Å². The van der Waals surface area contributed by atoms with Crippen molar-refractivity contribution in [3.8, 4) is 5.75 Å². The summed E-state index contributed by atoms with van der Waals surface area (Å²) in [4.78, 5) is 0. The fourth-order valence-corrected chi connectivity index (χ4v) is 2.19. The Morgan fingerprint density at radius 2 is 1.88 bits per heavy atom. The minimum absolute atomic E-state index is 0.327. The molecule has 1 unspecified atom stereocenters. The lowest BCUT2D eigenvalue weighted by atomic mass is 10.1. The summed E-state index contributed by atoms with van der Waals surface area (Å²) in [6, 6.07) is 9.80. The molecule has 2 saturated heterocycles. The second kappa shape index (κ2) is 4.64.